The first-order chi connectivity index (χ1) is 13.7. The minimum absolute atomic E-state index is 0.104. The van der Waals surface area contributed by atoms with Crippen LogP contribution in [0.15, 0.2) is 47.6 Å². The number of hydrogen-bond acceptors (Lipinski definition) is 4. The predicted molar refractivity (Wildman–Crippen MR) is 107 cm³/mol. The van der Waals surface area contributed by atoms with Gasteiger partial charge < -0.3 is 5.32 Å². The van der Waals surface area contributed by atoms with Gasteiger partial charge in [-0.3, -0.25) is 9.89 Å². The molecule has 0 bridgehead atoms. The average molecular weight is 461 g/mol. The van der Waals surface area contributed by atoms with E-state index >= 15 is 0 Å². The molecule has 3 aromatic rings. The molecule has 152 valence electrons. The summed E-state index contributed by atoms with van der Waals surface area (Å²) >= 11 is 12.8. The molecule has 0 saturated carbocycles. The maximum absolute atomic E-state index is 12.6. The second-order valence-electron chi connectivity index (χ2n) is 5.83. The van der Waals surface area contributed by atoms with Crippen molar-refractivity contribution in [2.75, 3.05) is 11.1 Å². The summed E-state index contributed by atoms with van der Waals surface area (Å²) in [6.07, 6.45) is -3.68. The number of carbonyl (C=O) groups excluding carboxylic acids is 1. The molecule has 3 rings (SSSR count). The molecule has 2 N–H and O–H groups in total. The lowest BCUT2D eigenvalue weighted by Crippen LogP contribution is -2.12. The minimum atomic E-state index is -4.51. The number of aromatic amines is 1. The summed E-state index contributed by atoms with van der Waals surface area (Å²) in [6.45, 7) is 0. The SMILES string of the molecule is O=C(CCSc1ncc(C(F)(F)F)cc1Cl)Nc1cc(-c2ccc(Cl)cc2)[nH]n1. The Morgan fingerprint density at radius 1 is 1.17 bits per heavy atom. The lowest BCUT2D eigenvalue weighted by Gasteiger charge is -2.08. The molecule has 0 saturated heterocycles. The monoisotopic (exact) mass is 460 g/mol. The number of nitrogens with zero attached hydrogens (tertiary/aromatic N) is 2. The summed E-state index contributed by atoms with van der Waals surface area (Å²) in [6, 6.07) is 9.63. The van der Waals surface area contributed by atoms with Gasteiger partial charge in [0.2, 0.25) is 5.91 Å². The van der Waals surface area contributed by atoms with E-state index in [1.54, 1.807) is 18.2 Å². The molecule has 1 amide bonds. The number of pyridine rings is 1. The maximum atomic E-state index is 12.6. The van der Waals surface area contributed by atoms with Crippen LogP contribution in [0.1, 0.15) is 12.0 Å². The Labute approximate surface area is 178 Å². The van der Waals surface area contributed by atoms with Crippen molar-refractivity contribution in [2.24, 2.45) is 0 Å². The zero-order chi connectivity index (χ0) is 21.0. The summed E-state index contributed by atoms with van der Waals surface area (Å²) in [7, 11) is 0. The largest absolute Gasteiger partial charge is 0.417 e. The van der Waals surface area contributed by atoms with Crippen molar-refractivity contribution in [3.63, 3.8) is 0 Å². The Bertz CT molecular complexity index is 1010. The Hall–Kier alpha value is -2.23. The highest BCUT2D eigenvalue weighted by atomic mass is 35.5. The summed E-state index contributed by atoms with van der Waals surface area (Å²) in [5.74, 6) is 0.351. The second kappa shape index (κ2) is 9.06. The van der Waals surface area contributed by atoms with Crippen molar-refractivity contribution in [1.29, 1.82) is 0 Å². The van der Waals surface area contributed by atoms with Gasteiger partial charge in [-0.2, -0.15) is 18.3 Å². The standard InChI is InChI=1S/C18H13Cl2F3N4OS/c19-12-3-1-10(2-4-12)14-8-15(27-26-14)25-16(28)5-6-29-17-13(20)7-11(9-24-17)18(21,22)23/h1-4,7-9H,5-6H2,(H2,25,26,27,28). The molecule has 2 heterocycles. The molecule has 5 nitrogen and oxygen atoms in total. The summed E-state index contributed by atoms with van der Waals surface area (Å²) < 4.78 is 37.9. The molecule has 0 aliphatic heterocycles. The first kappa shape index (κ1) is 21.5. The molecule has 0 unspecified atom stereocenters. The molecule has 0 atom stereocenters. The van der Waals surface area contributed by atoms with Gasteiger partial charge in [0.05, 0.1) is 16.3 Å². The van der Waals surface area contributed by atoms with Crippen molar-refractivity contribution < 1.29 is 18.0 Å². The van der Waals surface area contributed by atoms with Crippen molar-refractivity contribution >= 4 is 46.7 Å². The normalized spacial score (nSPS) is 11.5. The molecule has 2 aromatic heterocycles. The van der Waals surface area contributed by atoms with Crippen LogP contribution in [0.3, 0.4) is 0 Å². The molecule has 11 heteroatoms. The lowest BCUT2D eigenvalue weighted by molar-refractivity contribution is -0.137. The van der Waals surface area contributed by atoms with E-state index in [0.29, 0.717) is 22.3 Å². The van der Waals surface area contributed by atoms with Gasteiger partial charge >= 0.3 is 6.18 Å². The van der Waals surface area contributed by atoms with Gasteiger partial charge in [-0.15, -0.1) is 11.8 Å². The molecule has 0 fully saturated rings. The Kier molecular flexibility index (Phi) is 6.71. The number of carbonyl (C=O) groups is 1. The highest BCUT2D eigenvalue weighted by molar-refractivity contribution is 7.99. The minimum Gasteiger partial charge on any atom is -0.309 e. The van der Waals surface area contributed by atoms with E-state index in [0.717, 1.165) is 29.6 Å². The molecule has 0 radical (unpaired) electrons. The third-order valence-electron chi connectivity index (χ3n) is 3.70. The molecule has 0 aliphatic rings. The second-order valence-corrected chi connectivity index (χ2v) is 7.76. The van der Waals surface area contributed by atoms with E-state index < -0.39 is 11.7 Å². The number of hydrogen-bond donors (Lipinski definition) is 2. The Morgan fingerprint density at radius 3 is 2.55 bits per heavy atom. The van der Waals surface area contributed by atoms with Crippen LogP contribution >= 0.6 is 35.0 Å². The molecule has 1 aromatic carbocycles. The highest BCUT2D eigenvalue weighted by Crippen LogP contribution is 2.33. The Balaban J connectivity index is 1.51. The molecule has 0 aliphatic carbocycles. The smallest absolute Gasteiger partial charge is 0.309 e. The highest BCUT2D eigenvalue weighted by Gasteiger charge is 2.31. The zero-order valence-corrected chi connectivity index (χ0v) is 16.9. The predicted octanol–water partition coefficient (Wildman–Crippen LogP) is 5.92. The van der Waals surface area contributed by atoms with Gasteiger partial charge in [-0.1, -0.05) is 35.3 Å². The summed E-state index contributed by atoms with van der Waals surface area (Å²) in [5.41, 5.74) is 0.660. The number of aromatic nitrogens is 3. The number of amides is 1. The third-order valence-corrected chi connectivity index (χ3v) is 5.36. The van der Waals surface area contributed by atoms with E-state index in [9.17, 15) is 18.0 Å². The van der Waals surface area contributed by atoms with Crippen molar-refractivity contribution in [1.82, 2.24) is 15.2 Å². The van der Waals surface area contributed by atoms with Crippen LogP contribution in [0.2, 0.25) is 10.0 Å². The van der Waals surface area contributed by atoms with Gasteiger partial charge in [0.15, 0.2) is 5.82 Å². The van der Waals surface area contributed by atoms with E-state index in [2.05, 4.69) is 20.5 Å². The number of benzene rings is 1. The lowest BCUT2D eigenvalue weighted by atomic mass is 10.1. The van der Waals surface area contributed by atoms with Crippen LogP contribution in [-0.2, 0) is 11.0 Å². The average Bonchev–Trinajstić information content (AvgIpc) is 3.11. The van der Waals surface area contributed by atoms with Gasteiger partial charge in [-0.25, -0.2) is 4.98 Å². The molecular formula is C18H13Cl2F3N4OS. The van der Waals surface area contributed by atoms with E-state index in [4.69, 9.17) is 23.2 Å². The number of thioether (sulfide) groups is 1. The number of alkyl halides is 3. The number of halogens is 5. The maximum Gasteiger partial charge on any atom is 0.417 e. The van der Waals surface area contributed by atoms with Crippen LogP contribution in [0, 0.1) is 0 Å². The van der Waals surface area contributed by atoms with Crippen LogP contribution in [-0.4, -0.2) is 26.8 Å². The Morgan fingerprint density at radius 2 is 1.90 bits per heavy atom. The first-order valence-corrected chi connectivity index (χ1v) is 9.93. The fourth-order valence-electron chi connectivity index (χ4n) is 2.30. The van der Waals surface area contributed by atoms with Crippen LogP contribution in [0.5, 0.6) is 0 Å². The number of nitrogens with one attached hydrogen (secondary N) is 2. The summed E-state index contributed by atoms with van der Waals surface area (Å²) in [5, 5.41) is 10.2. The summed E-state index contributed by atoms with van der Waals surface area (Å²) in [4.78, 5) is 15.8. The van der Waals surface area contributed by atoms with Crippen LogP contribution < -0.4 is 5.32 Å². The van der Waals surface area contributed by atoms with E-state index in [1.165, 1.54) is 0 Å². The molecule has 29 heavy (non-hydrogen) atoms. The van der Waals surface area contributed by atoms with E-state index in [-0.39, 0.29) is 22.4 Å². The fourth-order valence-corrected chi connectivity index (χ4v) is 3.56. The van der Waals surface area contributed by atoms with Gasteiger partial charge in [0.25, 0.3) is 0 Å². The first-order valence-electron chi connectivity index (χ1n) is 8.19. The van der Waals surface area contributed by atoms with Gasteiger partial charge in [0, 0.05) is 29.5 Å². The van der Waals surface area contributed by atoms with Crippen molar-refractivity contribution in [3.8, 4) is 11.3 Å². The van der Waals surface area contributed by atoms with E-state index in [1.807, 2.05) is 12.1 Å². The van der Waals surface area contributed by atoms with Crippen molar-refractivity contribution in [2.45, 2.75) is 17.6 Å². The number of H-pyrrole nitrogens is 1. The molecule has 0 spiro atoms. The quantitative estimate of drug-likeness (QED) is 0.448. The number of anilines is 1. The van der Waals surface area contributed by atoms with Gasteiger partial charge in [-0.05, 0) is 23.8 Å². The fraction of sp³-hybridized carbons (Fsp3) is 0.167. The third kappa shape index (κ3) is 5.88. The molecular weight excluding hydrogens is 448 g/mol. The zero-order valence-electron chi connectivity index (χ0n) is 14.6. The number of rotatable bonds is 6. The van der Waals surface area contributed by atoms with Crippen LogP contribution in [0.25, 0.3) is 11.3 Å². The van der Waals surface area contributed by atoms with Crippen LogP contribution in [0.4, 0.5) is 19.0 Å². The van der Waals surface area contributed by atoms with Gasteiger partial charge in [0.1, 0.15) is 5.03 Å². The van der Waals surface area contributed by atoms with Crippen molar-refractivity contribution in [3.05, 3.63) is 58.2 Å². The topological polar surface area (TPSA) is 70.7 Å².